The topological polar surface area (TPSA) is 107 Å². The summed E-state index contributed by atoms with van der Waals surface area (Å²) in [5.41, 5.74) is 0.706. The van der Waals surface area contributed by atoms with Gasteiger partial charge in [-0.25, -0.2) is 4.79 Å². The maximum Gasteiger partial charge on any atom is 0.355 e. The number of nitrogens with zero attached hydrogens (tertiary/aromatic N) is 2. The molecule has 0 bridgehead atoms. The van der Waals surface area contributed by atoms with E-state index in [-0.39, 0.29) is 35.7 Å². The van der Waals surface area contributed by atoms with Crippen LogP contribution in [0.15, 0.2) is 36.0 Å². The van der Waals surface area contributed by atoms with E-state index in [0.29, 0.717) is 12.0 Å². The fourth-order valence-electron chi connectivity index (χ4n) is 2.98. The van der Waals surface area contributed by atoms with Gasteiger partial charge in [0.05, 0.1) is 11.0 Å². The van der Waals surface area contributed by atoms with Crippen molar-refractivity contribution in [2.75, 3.05) is 0 Å². The zero-order chi connectivity index (χ0) is 17.4. The quantitative estimate of drug-likeness (QED) is 0.265. The summed E-state index contributed by atoms with van der Waals surface area (Å²) in [7, 11) is 0. The van der Waals surface area contributed by atoms with E-state index in [0.717, 1.165) is 0 Å². The third kappa shape index (κ3) is 2.55. The molecule has 0 spiro atoms. The summed E-state index contributed by atoms with van der Waals surface area (Å²) >= 11 is 0. The molecule has 0 aromatic heterocycles. The van der Waals surface area contributed by atoms with Gasteiger partial charge in [0.25, 0.3) is 5.69 Å². The van der Waals surface area contributed by atoms with E-state index in [1.165, 1.54) is 36.1 Å². The largest absolute Gasteiger partial charge is 0.456 e. The number of ether oxygens (including phenoxy) is 1. The lowest BCUT2D eigenvalue weighted by molar-refractivity contribution is -0.384. The van der Waals surface area contributed by atoms with E-state index in [4.69, 9.17) is 4.74 Å². The Morgan fingerprint density at radius 2 is 2.00 bits per heavy atom. The average Bonchev–Trinajstić information content (AvgIpc) is 2.91. The normalized spacial score (nSPS) is 21.6. The van der Waals surface area contributed by atoms with Crippen LogP contribution in [-0.2, 0) is 25.7 Å². The molecule has 1 saturated heterocycles. The first-order valence-corrected chi connectivity index (χ1v) is 7.34. The third-order valence-electron chi connectivity index (χ3n) is 4.20. The number of nitro groups is 1. The zero-order valence-corrected chi connectivity index (χ0v) is 12.8. The minimum atomic E-state index is -0.666. The lowest BCUT2D eigenvalue weighted by Gasteiger charge is -2.42. The number of β-lactam (4-membered cyclic amide) rings is 1. The van der Waals surface area contributed by atoms with Gasteiger partial charge in [-0.2, -0.15) is 0 Å². The molecule has 2 aliphatic rings. The van der Waals surface area contributed by atoms with Gasteiger partial charge in [0.1, 0.15) is 24.0 Å². The molecule has 8 heteroatoms. The molecule has 24 heavy (non-hydrogen) atoms. The first kappa shape index (κ1) is 15.9. The zero-order valence-electron chi connectivity index (χ0n) is 12.8. The summed E-state index contributed by atoms with van der Waals surface area (Å²) in [5.74, 6) is -1.88. The van der Waals surface area contributed by atoms with Crippen LogP contribution in [0.25, 0.3) is 0 Å². The summed E-state index contributed by atoms with van der Waals surface area (Å²) in [5, 5.41) is 10.6. The highest BCUT2D eigenvalue weighted by molar-refractivity contribution is 6.10. The molecule has 1 aromatic carbocycles. The molecule has 2 aliphatic heterocycles. The summed E-state index contributed by atoms with van der Waals surface area (Å²) in [6.07, 6.45) is 2.06. The Balaban J connectivity index is 1.59. The van der Waals surface area contributed by atoms with Crippen LogP contribution in [-0.4, -0.2) is 33.5 Å². The number of rotatable bonds is 5. The molecular weight excluding hydrogens is 316 g/mol. The Kier molecular flexibility index (Phi) is 3.88. The number of non-ortho nitro benzene ring substituents is 1. The summed E-state index contributed by atoms with van der Waals surface area (Å²) < 4.78 is 5.15. The molecule has 1 amide bonds. The van der Waals surface area contributed by atoms with Gasteiger partial charge in [0.15, 0.2) is 0 Å². The molecule has 3 rings (SSSR count). The van der Waals surface area contributed by atoms with Gasteiger partial charge < -0.3 is 9.64 Å². The molecule has 8 nitrogen and oxygen atoms in total. The van der Waals surface area contributed by atoms with Crippen LogP contribution in [0.5, 0.6) is 0 Å². The van der Waals surface area contributed by atoms with Crippen molar-refractivity contribution in [3.05, 3.63) is 51.7 Å². The Bertz CT molecular complexity index is 767. The van der Waals surface area contributed by atoms with Crippen molar-refractivity contribution in [2.24, 2.45) is 5.92 Å². The van der Waals surface area contributed by atoms with Crippen LogP contribution in [0.2, 0.25) is 0 Å². The lowest BCUT2D eigenvalue weighted by Crippen LogP contribution is -2.60. The number of hydrogen-bond donors (Lipinski definition) is 0. The first-order valence-electron chi connectivity index (χ1n) is 7.34. The Morgan fingerprint density at radius 1 is 1.33 bits per heavy atom. The fraction of sp³-hybridized carbons (Fsp3) is 0.312. The molecule has 0 N–H and O–H groups in total. The third-order valence-corrected chi connectivity index (χ3v) is 4.20. The van der Waals surface area contributed by atoms with Crippen LogP contribution in [0.4, 0.5) is 5.69 Å². The SMILES string of the molecule is CC(=O)C1C(=O)N2C(C(=O)OCc3ccc([N+](=O)[O-])cc3)=CCC12. The van der Waals surface area contributed by atoms with Gasteiger partial charge in [-0.1, -0.05) is 6.08 Å². The van der Waals surface area contributed by atoms with E-state index < -0.39 is 16.8 Å². The molecular formula is C16H14N2O6. The van der Waals surface area contributed by atoms with Crippen molar-refractivity contribution in [2.45, 2.75) is 26.0 Å². The number of Topliss-reactive ketones (excluding diaryl/α,β-unsaturated/α-hetero) is 1. The smallest absolute Gasteiger partial charge is 0.355 e. The number of carbonyl (C=O) groups excluding carboxylic acids is 3. The summed E-state index contributed by atoms with van der Waals surface area (Å²) in [4.78, 5) is 46.9. The number of fused-ring (bicyclic) bond motifs is 1. The van der Waals surface area contributed by atoms with Crippen LogP contribution >= 0.6 is 0 Å². The highest BCUT2D eigenvalue weighted by Gasteiger charge is 2.54. The Morgan fingerprint density at radius 3 is 2.58 bits per heavy atom. The van der Waals surface area contributed by atoms with Crippen LogP contribution in [0.3, 0.4) is 0 Å². The molecule has 0 saturated carbocycles. The number of esters is 1. The van der Waals surface area contributed by atoms with Crippen molar-refractivity contribution in [1.29, 1.82) is 0 Å². The minimum absolute atomic E-state index is 0.0483. The molecule has 2 heterocycles. The first-order chi connectivity index (χ1) is 11.4. The van der Waals surface area contributed by atoms with Gasteiger partial charge in [0.2, 0.25) is 5.91 Å². The number of carbonyl (C=O) groups is 3. The highest BCUT2D eigenvalue weighted by atomic mass is 16.6. The average molecular weight is 330 g/mol. The standard InChI is InChI=1S/C16H14N2O6/c1-9(19)14-12-6-7-13(17(12)15(14)20)16(21)24-8-10-2-4-11(5-3-10)18(22)23/h2-5,7,12,14H,6,8H2,1H3. The predicted octanol–water partition coefficient (Wildman–Crippen LogP) is 1.34. The van der Waals surface area contributed by atoms with Crippen LogP contribution in [0, 0.1) is 16.0 Å². The van der Waals surface area contributed by atoms with E-state index in [9.17, 15) is 24.5 Å². The van der Waals surface area contributed by atoms with Crippen molar-refractivity contribution >= 4 is 23.3 Å². The molecule has 2 unspecified atom stereocenters. The van der Waals surface area contributed by atoms with Crippen molar-refractivity contribution in [1.82, 2.24) is 4.90 Å². The maximum atomic E-state index is 12.1. The predicted molar refractivity (Wildman–Crippen MR) is 80.4 cm³/mol. The van der Waals surface area contributed by atoms with Crippen LogP contribution < -0.4 is 0 Å². The molecule has 124 valence electrons. The molecule has 1 fully saturated rings. The van der Waals surface area contributed by atoms with Crippen molar-refractivity contribution in [3.63, 3.8) is 0 Å². The van der Waals surface area contributed by atoms with Gasteiger partial charge in [0, 0.05) is 12.1 Å². The van der Waals surface area contributed by atoms with E-state index in [2.05, 4.69) is 0 Å². The molecule has 0 aliphatic carbocycles. The van der Waals surface area contributed by atoms with Crippen molar-refractivity contribution in [3.8, 4) is 0 Å². The monoisotopic (exact) mass is 330 g/mol. The van der Waals surface area contributed by atoms with Gasteiger partial charge in [-0.05, 0) is 31.0 Å². The number of nitro benzene ring substituents is 1. The second-order valence-corrected chi connectivity index (χ2v) is 5.69. The van der Waals surface area contributed by atoms with Crippen molar-refractivity contribution < 1.29 is 24.0 Å². The summed E-state index contributed by atoms with van der Waals surface area (Å²) in [6, 6.07) is 5.36. The minimum Gasteiger partial charge on any atom is -0.456 e. The van der Waals surface area contributed by atoms with Gasteiger partial charge in [-0.15, -0.1) is 0 Å². The lowest BCUT2D eigenvalue weighted by atomic mass is 9.84. The van der Waals surface area contributed by atoms with E-state index in [1.807, 2.05) is 0 Å². The number of benzene rings is 1. The maximum absolute atomic E-state index is 12.1. The molecule has 1 aromatic rings. The highest BCUT2D eigenvalue weighted by Crippen LogP contribution is 2.39. The van der Waals surface area contributed by atoms with Gasteiger partial charge in [-0.3, -0.25) is 19.7 Å². The number of amides is 1. The number of hydrogen-bond acceptors (Lipinski definition) is 6. The fourth-order valence-corrected chi connectivity index (χ4v) is 2.98. The Labute approximate surface area is 136 Å². The molecule has 0 radical (unpaired) electrons. The Hall–Kier alpha value is -3.03. The second-order valence-electron chi connectivity index (χ2n) is 5.69. The number of ketones is 1. The van der Waals surface area contributed by atoms with Gasteiger partial charge >= 0.3 is 5.97 Å². The van der Waals surface area contributed by atoms with E-state index >= 15 is 0 Å². The summed E-state index contributed by atoms with van der Waals surface area (Å²) in [6.45, 7) is 1.31. The van der Waals surface area contributed by atoms with E-state index in [1.54, 1.807) is 6.08 Å². The second kappa shape index (κ2) is 5.88. The molecule has 2 atom stereocenters. The van der Waals surface area contributed by atoms with Crippen LogP contribution in [0.1, 0.15) is 18.9 Å².